The highest BCUT2D eigenvalue weighted by atomic mass is 35.5. The molecule has 0 fully saturated rings. The second kappa shape index (κ2) is 11.9. The SMILES string of the molecule is CSCc1cc(OC(C)CCCNc2cc(-c3nc(Cl)ncc3F)ccc2F)cc([N+](=O)[O-])c1. The number of nitrogens with zero attached hydrogens (tertiary/aromatic N) is 3. The van der Waals surface area contributed by atoms with Crippen molar-refractivity contribution < 1.29 is 18.4 Å². The minimum atomic E-state index is -0.658. The van der Waals surface area contributed by atoms with Crippen LogP contribution < -0.4 is 10.1 Å². The van der Waals surface area contributed by atoms with Crippen molar-refractivity contribution in [1.29, 1.82) is 0 Å². The van der Waals surface area contributed by atoms with Crippen LogP contribution in [0.3, 0.4) is 0 Å². The molecule has 0 aliphatic rings. The van der Waals surface area contributed by atoms with Crippen LogP contribution in [0.2, 0.25) is 5.28 Å². The van der Waals surface area contributed by atoms with Crippen LogP contribution in [0.15, 0.2) is 42.6 Å². The number of rotatable bonds is 11. The lowest BCUT2D eigenvalue weighted by Gasteiger charge is -2.16. The van der Waals surface area contributed by atoms with Crippen molar-refractivity contribution in [3.8, 4) is 17.0 Å². The maximum Gasteiger partial charge on any atom is 0.273 e. The second-order valence-electron chi connectivity index (χ2n) is 7.55. The van der Waals surface area contributed by atoms with E-state index in [2.05, 4.69) is 15.3 Å². The van der Waals surface area contributed by atoms with Gasteiger partial charge in [0.1, 0.15) is 17.3 Å². The van der Waals surface area contributed by atoms with Gasteiger partial charge in [0.2, 0.25) is 5.28 Å². The molecular weight excluding hydrogens is 486 g/mol. The van der Waals surface area contributed by atoms with Gasteiger partial charge in [0.05, 0.1) is 29.0 Å². The molecule has 0 aliphatic carbocycles. The maximum absolute atomic E-state index is 14.2. The van der Waals surface area contributed by atoms with Gasteiger partial charge in [0, 0.05) is 23.9 Å². The van der Waals surface area contributed by atoms with Gasteiger partial charge in [-0.2, -0.15) is 11.8 Å². The molecule has 1 aromatic heterocycles. The predicted octanol–water partition coefficient (Wildman–Crippen LogP) is 6.51. The van der Waals surface area contributed by atoms with Gasteiger partial charge in [-0.25, -0.2) is 18.7 Å². The Kier molecular flexibility index (Phi) is 9.00. The van der Waals surface area contributed by atoms with E-state index in [4.69, 9.17) is 16.3 Å². The van der Waals surface area contributed by atoms with Crippen molar-refractivity contribution in [2.75, 3.05) is 18.1 Å². The number of hydrogen-bond acceptors (Lipinski definition) is 7. The lowest BCUT2D eigenvalue weighted by molar-refractivity contribution is -0.385. The van der Waals surface area contributed by atoms with Crippen LogP contribution in [0, 0.1) is 21.7 Å². The summed E-state index contributed by atoms with van der Waals surface area (Å²) in [6, 6.07) is 8.88. The normalized spacial score (nSPS) is 11.8. The molecule has 3 aromatic rings. The molecule has 1 unspecified atom stereocenters. The molecule has 1 heterocycles. The van der Waals surface area contributed by atoms with Crippen molar-refractivity contribution in [3.63, 3.8) is 0 Å². The summed E-state index contributed by atoms with van der Waals surface area (Å²) in [7, 11) is 0. The van der Waals surface area contributed by atoms with Gasteiger partial charge in [0.15, 0.2) is 5.82 Å². The number of nitro groups is 1. The summed E-state index contributed by atoms with van der Waals surface area (Å²) < 4.78 is 34.2. The first kappa shape index (κ1) is 25.6. The molecule has 3 rings (SSSR count). The number of nitrogens with one attached hydrogen (secondary N) is 1. The number of hydrogen-bond donors (Lipinski definition) is 1. The third-order valence-corrected chi connectivity index (χ3v) is 5.67. The first-order chi connectivity index (χ1) is 16.3. The summed E-state index contributed by atoms with van der Waals surface area (Å²) >= 11 is 7.32. The van der Waals surface area contributed by atoms with Gasteiger partial charge < -0.3 is 10.1 Å². The fourth-order valence-corrected chi connectivity index (χ4v) is 3.96. The summed E-state index contributed by atoms with van der Waals surface area (Å²) in [4.78, 5) is 18.2. The second-order valence-corrected chi connectivity index (χ2v) is 8.76. The van der Waals surface area contributed by atoms with Gasteiger partial charge in [-0.1, -0.05) is 0 Å². The van der Waals surface area contributed by atoms with Crippen molar-refractivity contribution >= 4 is 34.7 Å². The van der Waals surface area contributed by atoms with Crippen molar-refractivity contribution in [2.24, 2.45) is 0 Å². The first-order valence-corrected chi connectivity index (χ1v) is 12.2. The Morgan fingerprint density at radius 1 is 1.24 bits per heavy atom. The monoisotopic (exact) mass is 508 g/mol. The maximum atomic E-state index is 14.2. The highest BCUT2D eigenvalue weighted by Crippen LogP contribution is 2.28. The van der Waals surface area contributed by atoms with E-state index in [1.807, 2.05) is 13.2 Å². The average Bonchev–Trinajstić information content (AvgIpc) is 2.79. The zero-order valence-electron chi connectivity index (χ0n) is 18.6. The van der Waals surface area contributed by atoms with Gasteiger partial charge in [0.25, 0.3) is 5.69 Å². The lowest BCUT2D eigenvalue weighted by atomic mass is 10.1. The van der Waals surface area contributed by atoms with E-state index in [0.717, 1.165) is 11.8 Å². The van der Waals surface area contributed by atoms with E-state index in [-0.39, 0.29) is 28.5 Å². The quantitative estimate of drug-likeness (QED) is 0.137. The fraction of sp³-hybridized carbons (Fsp3) is 0.304. The lowest BCUT2D eigenvalue weighted by Crippen LogP contribution is -2.14. The Morgan fingerprint density at radius 3 is 2.76 bits per heavy atom. The molecule has 34 heavy (non-hydrogen) atoms. The van der Waals surface area contributed by atoms with E-state index in [9.17, 15) is 18.9 Å². The number of ether oxygens (including phenoxy) is 1. The van der Waals surface area contributed by atoms with Crippen LogP contribution >= 0.6 is 23.4 Å². The molecule has 1 atom stereocenters. The number of nitro benzene ring substituents is 1. The Hall–Kier alpha value is -2.98. The fourth-order valence-electron chi connectivity index (χ4n) is 3.33. The topological polar surface area (TPSA) is 90.2 Å². The standard InChI is InChI=1S/C23H23ClF2N4O3S/c1-14(33-18-9-15(13-34-2)8-17(11-18)30(31)32)4-3-7-27-21-10-16(5-6-19(21)25)22-20(26)12-28-23(24)29-22/h5-6,8-12,14,27H,3-4,7,13H2,1-2H3. The Bertz CT molecular complexity index is 1170. The Balaban J connectivity index is 1.57. The summed E-state index contributed by atoms with van der Waals surface area (Å²) in [5.74, 6) is -0.0455. The number of halogens is 3. The Labute approximate surface area is 205 Å². The molecule has 0 saturated heterocycles. The molecule has 0 aliphatic heterocycles. The number of thioether (sulfide) groups is 1. The van der Waals surface area contributed by atoms with E-state index < -0.39 is 16.6 Å². The molecular formula is C23H23ClF2N4O3S. The predicted molar refractivity (Wildman–Crippen MR) is 131 cm³/mol. The van der Waals surface area contributed by atoms with Crippen LogP contribution in [0.4, 0.5) is 20.2 Å². The van der Waals surface area contributed by atoms with Crippen molar-refractivity contribution in [2.45, 2.75) is 31.6 Å². The highest BCUT2D eigenvalue weighted by Gasteiger charge is 2.14. The summed E-state index contributed by atoms with van der Waals surface area (Å²) in [6.07, 6.45) is 3.95. The zero-order valence-corrected chi connectivity index (χ0v) is 20.1. The molecule has 7 nitrogen and oxygen atoms in total. The number of non-ortho nitro benzene ring substituents is 1. The minimum Gasteiger partial charge on any atom is -0.490 e. The third-order valence-electron chi connectivity index (χ3n) is 4.87. The molecule has 0 saturated carbocycles. The van der Waals surface area contributed by atoms with E-state index in [1.54, 1.807) is 23.9 Å². The van der Waals surface area contributed by atoms with Crippen LogP contribution in [-0.4, -0.2) is 33.8 Å². The van der Waals surface area contributed by atoms with Crippen LogP contribution in [0.5, 0.6) is 5.75 Å². The van der Waals surface area contributed by atoms with Gasteiger partial charge in [-0.05, 0) is 67.5 Å². The summed E-state index contributed by atoms with van der Waals surface area (Å²) in [5.41, 5.74) is 1.38. The smallest absolute Gasteiger partial charge is 0.273 e. The molecule has 0 spiro atoms. The van der Waals surface area contributed by atoms with Gasteiger partial charge >= 0.3 is 0 Å². The molecule has 0 radical (unpaired) electrons. The molecule has 2 aromatic carbocycles. The average molecular weight is 509 g/mol. The van der Waals surface area contributed by atoms with Crippen LogP contribution in [0.25, 0.3) is 11.3 Å². The van der Waals surface area contributed by atoms with E-state index in [0.29, 0.717) is 36.5 Å². The minimum absolute atomic E-state index is 0.00724. The molecule has 1 N–H and O–H groups in total. The molecule has 180 valence electrons. The highest BCUT2D eigenvalue weighted by molar-refractivity contribution is 7.97. The van der Waals surface area contributed by atoms with E-state index >= 15 is 0 Å². The molecule has 0 bridgehead atoms. The van der Waals surface area contributed by atoms with Crippen molar-refractivity contribution in [1.82, 2.24) is 9.97 Å². The van der Waals surface area contributed by atoms with E-state index in [1.165, 1.54) is 24.3 Å². The summed E-state index contributed by atoms with van der Waals surface area (Å²) in [5, 5.41) is 14.1. The Morgan fingerprint density at radius 2 is 2.03 bits per heavy atom. The number of anilines is 1. The number of benzene rings is 2. The zero-order chi connectivity index (χ0) is 24.7. The molecule has 11 heteroatoms. The van der Waals surface area contributed by atoms with Crippen LogP contribution in [-0.2, 0) is 5.75 Å². The van der Waals surface area contributed by atoms with Gasteiger partial charge in [-0.15, -0.1) is 0 Å². The largest absolute Gasteiger partial charge is 0.490 e. The molecule has 0 amide bonds. The van der Waals surface area contributed by atoms with Crippen LogP contribution in [0.1, 0.15) is 25.3 Å². The number of aromatic nitrogens is 2. The third kappa shape index (κ3) is 7.01. The van der Waals surface area contributed by atoms with Gasteiger partial charge in [-0.3, -0.25) is 10.1 Å². The first-order valence-electron chi connectivity index (χ1n) is 10.4. The van der Waals surface area contributed by atoms with Crippen molar-refractivity contribution in [3.05, 3.63) is 75.2 Å². The summed E-state index contributed by atoms with van der Waals surface area (Å²) in [6.45, 7) is 2.31.